The van der Waals surface area contributed by atoms with Crippen LogP contribution in [0.2, 0.25) is 5.02 Å². The minimum absolute atomic E-state index is 0.104. The van der Waals surface area contributed by atoms with Gasteiger partial charge < -0.3 is 9.26 Å². The predicted molar refractivity (Wildman–Crippen MR) is 63.9 cm³/mol. The van der Waals surface area contributed by atoms with Crippen LogP contribution in [0.3, 0.4) is 0 Å². The lowest BCUT2D eigenvalue weighted by Gasteiger charge is -2.02. The number of rotatable bonds is 4. The van der Waals surface area contributed by atoms with Gasteiger partial charge in [0.15, 0.2) is 11.5 Å². The molecule has 0 bridgehead atoms. The number of nitrogens with two attached hydrogens (primary N) is 1. The molecule has 0 saturated heterocycles. The maximum atomic E-state index is 11.1. The minimum atomic E-state index is -0.517. The molecule has 18 heavy (non-hydrogen) atoms. The number of halogens is 1. The highest BCUT2D eigenvalue weighted by atomic mass is 35.5. The van der Waals surface area contributed by atoms with Crippen molar-refractivity contribution in [2.24, 2.45) is 5.84 Å². The van der Waals surface area contributed by atoms with Crippen LogP contribution >= 0.6 is 11.6 Å². The zero-order chi connectivity index (χ0) is 13.0. The predicted octanol–water partition coefficient (Wildman–Crippen LogP) is 1.51. The number of nitrogens with one attached hydrogen (secondary N) is 1. The van der Waals surface area contributed by atoms with Gasteiger partial charge in [-0.05, 0) is 24.3 Å². The van der Waals surface area contributed by atoms with Crippen LogP contribution in [0.5, 0.6) is 5.75 Å². The molecule has 1 aromatic heterocycles. The molecule has 0 saturated carbocycles. The van der Waals surface area contributed by atoms with Crippen molar-refractivity contribution in [1.29, 1.82) is 0 Å². The molecular weight excluding hydrogens is 258 g/mol. The van der Waals surface area contributed by atoms with E-state index in [1.54, 1.807) is 24.3 Å². The lowest BCUT2D eigenvalue weighted by molar-refractivity contribution is 0.0944. The fraction of sp³-hybridized carbons (Fsp3) is 0.0909. The van der Waals surface area contributed by atoms with E-state index in [4.69, 9.17) is 26.7 Å². The van der Waals surface area contributed by atoms with Crippen molar-refractivity contribution < 1.29 is 14.1 Å². The molecule has 1 heterocycles. The second-order valence-electron chi connectivity index (χ2n) is 3.39. The van der Waals surface area contributed by atoms with E-state index in [9.17, 15) is 4.79 Å². The number of hydrogen-bond acceptors (Lipinski definition) is 5. The van der Waals surface area contributed by atoms with Crippen LogP contribution in [-0.2, 0) is 6.61 Å². The molecule has 3 N–H and O–H groups in total. The third kappa shape index (κ3) is 2.99. The number of carbonyl (C=O) groups excluding carboxylic acids is 1. The van der Waals surface area contributed by atoms with Gasteiger partial charge in [0.05, 0.1) is 0 Å². The molecule has 0 unspecified atom stereocenters. The first-order valence-electron chi connectivity index (χ1n) is 5.04. The van der Waals surface area contributed by atoms with Crippen LogP contribution in [0, 0.1) is 0 Å². The summed E-state index contributed by atoms with van der Waals surface area (Å²) in [6.45, 7) is 0.159. The summed E-state index contributed by atoms with van der Waals surface area (Å²) in [6.07, 6.45) is 0. The monoisotopic (exact) mass is 267 g/mol. The SMILES string of the molecule is NNC(=O)c1cc(COc2ccc(Cl)cc2)on1. The Hall–Kier alpha value is -2.05. The fourth-order valence-electron chi connectivity index (χ4n) is 1.25. The van der Waals surface area contributed by atoms with E-state index in [0.717, 1.165) is 0 Å². The summed E-state index contributed by atoms with van der Waals surface area (Å²) in [5.41, 5.74) is 2.06. The van der Waals surface area contributed by atoms with Gasteiger partial charge in [0.25, 0.3) is 5.91 Å². The Morgan fingerprint density at radius 3 is 2.83 bits per heavy atom. The Morgan fingerprint density at radius 1 is 1.44 bits per heavy atom. The van der Waals surface area contributed by atoms with Crippen LogP contribution in [0.1, 0.15) is 16.2 Å². The van der Waals surface area contributed by atoms with Crippen LogP contribution in [-0.4, -0.2) is 11.1 Å². The van der Waals surface area contributed by atoms with Crippen molar-refractivity contribution in [1.82, 2.24) is 10.6 Å². The van der Waals surface area contributed by atoms with E-state index in [1.807, 2.05) is 5.43 Å². The molecule has 1 amide bonds. The van der Waals surface area contributed by atoms with E-state index in [2.05, 4.69) is 5.16 Å². The first-order chi connectivity index (χ1) is 8.69. The number of ether oxygens (including phenoxy) is 1. The molecule has 2 rings (SSSR count). The number of aromatic nitrogens is 1. The van der Waals surface area contributed by atoms with Crippen molar-refractivity contribution in [3.05, 3.63) is 46.8 Å². The van der Waals surface area contributed by atoms with Gasteiger partial charge in [0, 0.05) is 11.1 Å². The largest absolute Gasteiger partial charge is 0.486 e. The molecule has 0 aliphatic heterocycles. The van der Waals surface area contributed by atoms with Crippen molar-refractivity contribution in [2.75, 3.05) is 0 Å². The highest BCUT2D eigenvalue weighted by Crippen LogP contribution is 2.17. The van der Waals surface area contributed by atoms with Crippen molar-refractivity contribution in [3.8, 4) is 5.75 Å². The normalized spacial score (nSPS) is 10.1. The Balaban J connectivity index is 1.96. The zero-order valence-electron chi connectivity index (χ0n) is 9.22. The number of nitrogens with zero attached hydrogens (tertiary/aromatic N) is 1. The summed E-state index contributed by atoms with van der Waals surface area (Å²) in [5.74, 6) is 5.51. The van der Waals surface area contributed by atoms with Crippen LogP contribution in [0.25, 0.3) is 0 Å². The van der Waals surface area contributed by atoms with Gasteiger partial charge >= 0.3 is 0 Å². The third-order valence-corrected chi connectivity index (χ3v) is 2.37. The lowest BCUT2D eigenvalue weighted by Crippen LogP contribution is -2.30. The summed E-state index contributed by atoms with van der Waals surface area (Å²) >= 11 is 5.74. The number of nitrogen functional groups attached to an aromatic ring is 1. The highest BCUT2D eigenvalue weighted by Gasteiger charge is 2.11. The summed E-state index contributed by atoms with van der Waals surface area (Å²) in [5, 5.41) is 4.17. The van der Waals surface area contributed by atoms with Gasteiger partial charge in [0.1, 0.15) is 12.4 Å². The van der Waals surface area contributed by atoms with Crippen molar-refractivity contribution >= 4 is 17.5 Å². The van der Waals surface area contributed by atoms with Gasteiger partial charge in [-0.1, -0.05) is 16.8 Å². The summed E-state index contributed by atoms with van der Waals surface area (Å²) in [7, 11) is 0. The average Bonchev–Trinajstić information content (AvgIpc) is 2.86. The Labute approximate surface area is 108 Å². The standard InChI is InChI=1S/C11H10ClN3O3/c12-7-1-3-8(4-2-7)17-6-9-5-10(15-18-9)11(16)14-13/h1-5H,6,13H2,(H,14,16). The number of hydrazine groups is 1. The molecule has 0 fully saturated rings. The molecule has 1 aromatic carbocycles. The van der Waals surface area contributed by atoms with Gasteiger partial charge in [0.2, 0.25) is 0 Å². The minimum Gasteiger partial charge on any atom is -0.486 e. The van der Waals surface area contributed by atoms with E-state index in [-0.39, 0.29) is 12.3 Å². The van der Waals surface area contributed by atoms with Crippen molar-refractivity contribution in [3.63, 3.8) is 0 Å². The summed E-state index contributed by atoms with van der Waals surface area (Å²) in [6, 6.07) is 8.34. The highest BCUT2D eigenvalue weighted by molar-refractivity contribution is 6.30. The molecule has 0 spiro atoms. The molecule has 6 nitrogen and oxygen atoms in total. The molecule has 94 valence electrons. The second kappa shape index (κ2) is 5.52. The van der Waals surface area contributed by atoms with Crippen LogP contribution < -0.4 is 16.0 Å². The topological polar surface area (TPSA) is 90.4 Å². The lowest BCUT2D eigenvalue weighted by atomic mass is 10.3. The van der Waals surface area contributed by atoms with Gasteiger partial charge in [-0.15, -0.1) is 0 Å². The molecule has 0 aliphatic carbocycles. The average molecular weight is 268 g/mol. The first-order valence-corrected chi connectivity index (χ1v) is 5.42. The Morgan fingerprint density at radius 2 is 2.17 bits per heavy atom. The van der Waals surface area contributed by atoms with E-state index < -0.39 is 5.91 Å². The number of carbonyl (C=O) groups is 1. The van der Waals surface area contributed by atoms with E-state index in [1.165, 1.54) is 6.07 Å². The van der Waals surface area contributed by atoms with Gasteiger partial charge in [-0.25, -0.2) is 5.84 Å². The molecule has 2 aromatic rings. The Kier molecular flexibility index (Phi) is 3.81. The quantitative estimate of drug-likeness (QED) is 0.498. The van der Waals surface area contributed by atoms with Crippen LogP contribution in [0.15, 0.2) is 34.9 Å². The van der Waals surface area contributed by atoms with Gasteiger partial charge in [-0.3, -0.25) is 10.2 Å². The maximum Gasteiger partial charge on any atom is 0.287 e. The molecule has 0 aliphatic rings. The molecule has 0 radical (unpaired) electrons. The van der Waals surface area contributed by atoms with Gasteiger partial charge in [-0.2, -0.15) is 0 Å². The smallest absolute Gasteiger partial charge is 0.287 e. The summed E-state index contributed by atoms with van der Waals surface area (Å²) < 4.78 is 10.3. The maximum absolute atomic E-state index is 11.1. The number of hydrogen-bond donors (Lipinski definition) is 2. The Bertz CT molecular complexity index is 539. The van der Waals surface area contributed by atoms with E-state index >= 15 is 0 Å². The molecular formula is C11H10ClN3O3. The number of benzene rings is 1. The summed E-state index contributed by atoms with van der Waals surface area (Å²) in [4.78, 5) is 11.1. The van der Waals surface area contributed by atoms with Crippen molar-refractivity contribution in [2.45, 2.75) is 6.61 Å². The van der Waals surface area contributed by atoms with E-state index in [0.29, 0.717) is 16.5 Å². The van der Waals surface area contributed by atoms with Crippen LogP contribution in [0.4, 0.5) is 0 Å². The zero-order valence-corrected chi connectivity index (χ0v) is 9.98. The molecule has 0 atom stereocenters. The fourth-order valence-corrected chi connectivity index (χ4v) is 1.37. The second-order valence-corrected chi connectivity index (χ2v) is 3.83. The molecule has 7 heteroatoms. The third-order valence-electron chi connectivity index (χ3n) is 2.12. The first kappa shape index (κ1) is 12.4. The number of amides is 1.